The maximum atomic E-state index is 13.1. The molecule has 0 N–H and O–H groups in total. The lowest BCUT2D eigenvalue weighted by molar-refractivity contribution is -0.130. The number of pyridine rings is 1. The van der Waals surface area contributed by atoms with Gasteiger partial charge in [0.15, 0.2) is 0 Å². The number of nitrogens with zero attached hydrogens (tertiary/aromatic N) is 5. The second kappa shape index (κ2) is 8.61. The summed E-state index contributed by atoms with van der Waals surface area (Å²) in [6.07, 6.45) is 7.05. The Bertz CT molecular complexity index is 868. The van der Waals surface area contributed by atoms with Gasteiger partial charge in [-0.3, -0.25) is 14.2 Å². The minimum Gasteiger partial charge on any atom is -0.323 e. The highest BCUT2D eigenvalue weighted by Crippen LogP contribution is 2.27. The van der Waals surface area contributed by atoms with Crippen molar-refractivity contribution in [2.75, 3.05) is 6.61 Å². The van der Waals surface area contributed by atoms with Crippen LogP contribution in [0.2, 0.25) is 0 Å². The molecule has 0 saturated carbocycles. The van der Waals surface area contributed by atoms with Crippen LogP contribution in [0.1, 0.15) is 24.7 Å². The van der Waals surface area contributed by atoms with E-state index in [9.17, 15) is 17.6 Å². The van der Waals surface area contributed by atoms with Gasteiger partial charge >= 0.3 is 13.2 Å². The maximum Gasteiger partial charge on any atom is 0.345 e. The summed E-state index contributed by atoms with van der Waals surface area (Å²) in [4.78, 5) is 8.02. The van der Waals surface area contributed by atoms with Crippen LogP contribution >= 0.6 is 15.9 Å². The lowest BCUT2D eigenvalue weighted by atomic mass is 10.1. The van der Waals surface area contributed by atoms with Gasteiger partial charge in [-0.25, -0.2) is 4.98 Å². The molecule has 0 spiro atoms. The number of halogens is 5. The zero-order valence-corrected chi connectivity index (χ0v) is 15.3. The van der Waals surface area contributed by atoms with Crippen molar-refractivity contribution in [1.82, 2.24) is 24.3 Å². The topological polar surface area (TPSA) is 57.8 Å². The van der Waals surface area contributed by atoms with Gasteiger partial charge in [0.05, 0.1) is 42.8 Å². The largest absolute Gasteiger partial charge is 0.345 e. The molecule has 27 heavy (non-hydrogen) atoms. The molecule has 0 radical (unpaired) electrons. The summed E-state index contributed by atoms with van der Waals surface area (Å²) in [5.74, 6) is 0. The number of alkyl halides is 4. The lowest BCUT2D eigenvalue weighted by Crippen LogP contribution is -2.16. The van der Waals surface area contributed by atoms with Gasteiger partial charge in [0.1, 0.15) is 0 Å². The third-order valence-corrected chi connectivity index (χ3v) is 4.29. The first-order valence-electron chi connectivity index (χ1n) is 7.81. The quantitative estimate of drug-likeness (QED) is 0.476. The molecule has 0 aliphatic heterocycles. The Kier molecular flexibility index (Phi) is 6.22. The van der Waals surface area contributed by atoms with Crippen molar-refractivity contribution >= 4 is 15.9 Å². The highest BCUT2D eigenvalue weighted by atomic mass is 79.9. The van der Waals surface area contributed by atoms with Gasteiger partial charge < -0.3 is 4.74 Å². The van der Waals surface area contributed by atoms with Crippen LogP contribution in [0.4, 0.5) is 17.6 Å². The van der Waals surface area contributed by atoms with Crippen LogP contribution in [0.25, 0.3) is 11.3 Å². The van der Waals surface area contributed by atoms with E-state index in [0.717, 1.165) is 10.8 Å². The summed E-state index contributed by atoms with van der Waals surface area (Å²) in [6.45, 7) is -5.84. The zero-order chi connectivity index (χ0) is 19.4. The maximum absolute atomic E-state index is 13.1. The predicted octanol–water partition coefficient (Wildman–Crippen LogP) is 4.52. The summed E-state index contributed by atoms with van der Waals surface area (Å²) in [6, 6.07) is 2.98. The van der Waals surface area contributed by atoms with E-state index in [1.807, 2.05) is 0 Å². The van der Waals surface area contributed by atoms with E-state index in [-0.39, 0.29) is 18.7 Å². The predicted molar refractivity (Wildman–Crippen MR) is 91.4 cm³/mol. The van der Waals surface area contributed by atoms with Gasteiger partial charge in [-0.2, -0.15) is 22.7 Å². The highest BCUT2D eigenvalue weighted by molar-refractivity contribution is 9.10. The third kappa shape index (κ3) is 4.72. The lowest BCUT2D eigenvalue weighted by Gasteiger charge is -2.17. The van der Waals surface area contributed by atoms with Crippen LogP contribution in [-0.4, -0.2) is 37.5 Å². The SMILES string of the molecule is FC(F)OCCC(c1ccc(Br)cn1)n1cc(-c2cncn2C(F)F)cn1. The number of hydrogen-bond donors (Lipinski definition) is 0. The van der Waals surface area contributed by atoms with Gasteiger partial charge in [0, 0.05) is 22.4 Å². The van der Waals surface area contributed by atoms with Crippen LogP contribution in [-0.2, 0) is 4.74 Å². The number of hydrogen-bond acceptors (Lipinski definition) is 4. The van der Waals surface area contributed by atoms with Crippen molar-refractivity contribution in [3.63, 3.8) is 0 Å². The average Bonchev–Trinajstić information content (AvgIpc) is 3.28. The zero-order valence-electron chi connectivity index (χ0n) is 13.7. The molecule has 0 aliphatic rings. The van der Waals surface area contributed by atoms with Crippen LogP contribution in [0.3, 0.4) is 0 Å². The second-order valence-electron chi connectivity index (χ2n) is 5.51. The fourth-order valence-electron chi connectivity index (χ4n) is 2.59. The van der Waals surface area contributed by atoms with E-state index in [4.69, 9.17) is 0 Å². The standard InChI is InChI=1S/C16H14BrF4N5O/c17-11-1-2-12(23-6-11)13(3-4-27-16(20)21)26-8-10(5-24-26)14-7-22-9-25(14)15(18)19/h1-2,5-9,13,15-16H,3-4H2. The molecule has 11 heteroatoms. The Morgan fingerprint density at radius 1 is 1.11 bits per heavy atom. The summed E-state index contributed by atoms with van der Waals surface area (Å²) in [5.41, 5.74) is 1.19. The molecule has 0 amide bonds. The second-order valence-corrected chi connectivity index (χ2v) is 6.43. The summed E-state index contributed by atoms with van der Waals surface area (Å²) in [7, 11) is 0. The van der Waals surface area contributed by atoms with Crippen LogP contribution < -0.4 is 0 Å². The Labute approximate surface area is 159 Å². The van der Waals surface area contributed by atoms with Crippen molar-refractivity contribution in [1.29, 1.82) is 0 Å². The average molecular weight is 448 g/mol. The van der Waals surface area contributed by atoms with Crippen molar-refractivity contribution in [3.8, 4) is 11.3 Å². The van der Waals surface area contributed by atoms with Crippen LogP contribution in [0.15, 0.2) is 47.7 Å². The Morgan fingerprint density at radius 2 is 1.93 bits per heavy atom. The van der Waals surface area contributed by atoms with E-state index < -0.39 is 19.2 Å². The van der Waals surface area contributed by atoms with Crippen molar-refractivity contribution in [2.45, 2.75) is 25.6 Å². The summed E-state index contributed by atoms with van der Waals surface area (Å²) >= 11 is 3.28. The monoisotopic (exact) mass is 447 g/mol. The molecule has 3 heterocycles. The van der Waals surface area contributed by atoms with Gasteiger partial charge in [-0.05, 0) is 34.5 Å². The number of aromatic nitrogens is 5. The van der Waals surface area contributed by atoms with Crippen LogP contribution in [0, 0.1) is 0 Å². The normalized spacial score (nSPS) is 12.9. The molecule has 6 nitrogen and oxygen atoms in total. The minimum atomic E-state index is -2.88. The smallest absolute Gasteiger partial charge is 0.323 e. The number of imidazole rings is 1. The molecule has 144 valence electrons. The van der Waals surface area contributed by atoms with Gasteiger partial charge in [-0.15, -0.1) is 0 Å². The van der Waals surface area contributed by atoms with E-state index in [1.165, 1.54) is 17.1 Å². The van der Waals surface area contributed by atoms with Gasteiger partial charge in [0.2, 0.25) is 0 Å². The van der Waals surface area contributed by atoms with Crippen molar-refractivity contribution in [2.24, 2.45) is 0 Å². The van der Waals surface area contributed by atoms with Crippen LogP contribution in [0.5, 0.6) is 0 Å². The number of rotatable bonds is 8. The Morgan fingerprint density at radius 3 is 2.59 bits per heavy atom. The molecule has 0 aromatic carbocycles. The molecule has 1 unspecified atom stereocenters. The van der Waals surface area contributed by atoms with E-state index in [0.29, 0.717) is 15.8 Å². The fraction of sp³-hybridized carbons (Fsp3) is 0.312. The van der Waals surface area contributed by atoms with Gasteiger partial charge in [-0.1, -0.05) is 0 Å². The fourth-order valence-corrected chi connectivity index (χ4v) is 2.83. The van der Waals surface area contributed by atoms with Crippen molar-refractivity contribution in [3.05, 3.63) is 53.4 Å². The summed E-state index contributed by atoms with van der Waals surface area (Å²) < 4.78 is 58.0. The molecule has 3 rings (SSSR count). The van der Waals surface area contributed by atoms with E-state index in [1.54, 1.807) is 24.5 Å². The van der Waals surface area contributed by atoms with E-state index in [2.05, 4.69) is 35.7 Å². The first-order chi connectivity index (χ1) is 13.0. The molecule has 3 aromatic rings. The molecular formula is C16H14BrF4N5O. The molecule has 3 aromatic heterocycles. The number of ether oxygens (including phenoxy) is 1. The molecule has 1 atom stereocenters. The molecule has 0 bridgehead atoms. The molecule has 0 saturated heterocycles. The molecular weight excluding hydrogens is 434 g/mol. The minimum absolute atomic E-state index is 0.175. The summed E-state index contributed by atoms with van der Waals surface area (Å²) in [5, 5.41) is 4.21. The third-order valence-electron chi connectivity index (χ3n) is 3.82. The Balaban J connectivity index is 1.89. The Hall–Kier alpha value is -2.27. The first-order valence-corrected chi connectivity index (χ1v) is 8.60. The van der Waals surface area contributed by atoms with E-state index >= 15 is 0 Å². The molecule has 0 aliphatic carbocycles. The molecule has 0 fully saturated rings. The van der Waals surface area contributed by atoms with Crippen molar-refractivity contribution < 1.29 is 22.3 Å². The first kappa shape index (κ1) is 19.5. The highest BCUT2D eigenvalue weighted by Gasteiger charge is 2.20. The van der Waals surface area contributed by atoms with Gasteiger partial charge in [0.25, 0.3) is 0 Å².